The third-order valence-corrected chi connectivity index (χ3v) is 6.35. The lowest BCUT2D eigenvalue weighted by molar-refractivity contribution is 0.0478. The summed E-state index contributed by atoms with van der Waals surface area (Å²) in [4.78, 5) is 25.8. The molecule has 7 heteroatoms. The molecule has 0 radical (unpaired) electrons. The van der Waals surface area contributed by atoms with Gasteiger partial charge in [-0.2, -0.15) is 0 Å². The fraction of sp³-hybridized carbons (Fsp3) is 0.611. The van der Waals surface area contributed by atoms with Crippen molar-refractivity contribution in [3.05, 3.63) is 29.6 Å². The second-order valence-electron chi connectivity index (χ2n) is 7.16. The fourth-order valence-corrected chi connectivity index (χ4v) is 4.65. The van der Waals surface area contributed by atoms with Crippen molar-refractivity contribution < 1.29 is 4.79 Å². The Morgan fingerprint density at radius 1 is 1.32 bits per heavy atom. The molecule has 25 heavy (non-hydrogen) atoms. The summed E-state index contributed by atoms with van der Waals surface area (Å²) in [5.41, 5.74) is 0.689. The summed E-state index contributed by atoms with van der Waals surface area (Å²) in [6.45, 7) is 6.61. The molecule has 6 nitrogen and oxygen atoms in total. The summed E-state index contributed by atoms with van der Waals surface area (Å²) >= 11 is 6.23. The predicted molar refractivity (Wildman–Crippen MR) is 97.0 cm³/mol. The average molecular weight is 362 g/mol. The Labute approximate surface area is 152 Å². The second kappa shape index (κ2) is 6.16. The maximum absolute atomic E-state index is 12.9. The van der Waals surface area contributed by atoms with Gasteiger partial charge in [-0.3, -0.25) is 4.40 Å². The van der Waals surface area contributed by atoms with Crippen molar-refractivity contribution >= 4 is 23.1 Å². The molecule has 134 valence electrons. The number of piperidine rings is 1. The molecule has 2 aliphatic rings. The molecule has 0 aliphatic carbocycles. The molecule has 2 aromatic rings. The lowest BCUT2D eigenvalue weighted by Gasteiger charge is -2.50. The van der Waals surface area contributed by atoms with Gasteiger partial charge in [0, 0.05) is 43.5 Å². The van der Waals surface area contributed by atoms with Crippen LogP contribution in [0, 0.1) is 0 Å². The average Bonchev–Trinajstić information content (AvgIpc) is 3.08. The van der Waals surface area contributed by atoms with E-state index in [1.54, 1.807) is 12.4 Å². The molecule has 2 saturated heterocycles. The van der Waals surface area contributed by atoms with Gasteiger partial charge in [0.15, 0.2) is 5.15 Å². The number of amides is 2. The number of hydrogen-bond donors (Lipinski definition) is 0. The number of fused-ring (bicyclic) bond motifs is 2. The van der Waals surface area contributed by atoms with Gasteiger partial charge in [0.05, 0.1) is 6.20 Å². The smallest absolute Gasteiger partial charge is 0.320 e. The fourth-order valence-electron chi connectivity index (χ4n) is 4.45. The number of aromatic nitrogens is 3. The lowest BCUT2D eigenvalue weighted by Crippen LogP contribution is -2.61. The molecule has 2 amide bonds. The van der Waals surface area contributed by atoms with Gasteiger partial charge >= 0.3 is 6.03 Å². The summed E-state index contributed by atoms with van der Waals surface area (Å²) in [5, 5.41) is 0.465. The van der Waals surface area contributed by atoms with Crippen LogP contribution in [0.1, 0.15) is 45.4 Å². The van der Waals surface area contributed by atoms with Crippen molar-refractivity contribution in [2.75, 3.05) is 19.6 Å². The van der Waals surface area contributed by atoms with Crippen LogP contribution in [0.2, 0.25) is 5.15 Å². The Morgan fingerprint density at radius 2 is 2.16 bits per heavy atom. The van der Waals surface area contributed by atoms with E-state index in [0.717, 1.165) is 56.7 Å². The third-order valence-electron chi connectivity index (χ3n) is 6.06. The van der Waals surface area contributed by atoms with Gasteiger partial charge in [-0.15, -0.1) is 0 Å². The van der Waals surface area contributed by atoms with Gasteiger partial charge in [-0.05, 0) is 32.6 Å². The van der Waals surface area contributed by atoms with Crippen LogP contribution in [0.25, 0.3) is 5.52 Å². The molecule has 4 heterocycles. The number of nitrogens with zero attached hydrogens (tertiary/aromatic N) is 5. The van der Waals surface area contributed by atoms with E-state index >= 15 is 0 Å². The first-order chi connectivity index (χ1) is 12.1. The van der Waals surface area contributed by atoms with Gasteiger partial charge in [-0.25, -0.2) is 14.8 Å². The zero-order valence-electron chi connectivity index (χ0n) is 14.8. The number of rotatable bonds is 3. The minimum absolute atomic E-state index is 0.139. The topological polar surface area (TPSA) is 53.7 Å². The van der Waals surface area contributed by atoms with Crippen LogP contribution in [0.4, 0.5) is 4.79 Å². The first-order valence-electron chi connectivity index (χ1n) is 9.13. The Kier molecular flexibility index (Phi) is 4.10. The highest BCUT2D eigenvalue weighted by atomic mass is 35.5. The highest BCUT2D eigenvalue weighted by Gasteiger charge is 2.46. The van der Waals surface area contributed by atoms with E-state index in [4.69, 9.17) is 16.6 Å². The van der Waals surface area contributed by atoms with E-state index < -0.39 is 0 Å². The molecule has 0 saturated carbocycles. The SMILES string of the molecule is CCN1CCC2CCC(CC)(c3ncc4c(Cl)nccn34)CN2C1=O. The van der Waals surface area contributed by atoms with Gasteiger partial charge in [0.1, 0.15) is 11.3 Å². The van der Waals surface area contributed by atoms with Gasteiger partial charge in [0.2, 0.25) is 0 Å². The van der Waals surface area contributed by atoms with Crippen molar-refractivity contribution in [3.8, 4) is 0 Å². The minimum atomic E-state index is -0.139. The third kappa shape index (κ3) is 2.49. The Hall–Kier alpha value is -1.82. The molecule has 2 unspecified atom stereocenters. The number of urea groups is 1. The van der Waals surface area contributed by atoms with Crippen LogP contribution in [0.5, 0.6) is 0 Å². The minimum Gasteiger partial charge on any atom is -0.325 e. The molecule has 4 rings (SSSR count). The maximum atomic E-state index is 12.9. The Morgan fingerprint density at radius 3 is 2.92 bits per heavy atom. The standard InChI is InChI=1S/C18H24ClN5O/c1-3-18(16-21-11-14-15(19)20-8-10-23(14)16)7-5-13-6-9-22(4-2)17(25)24(13)12-18/h8,10-11,13H,3-7,9,12H2,1-2H3. The van der Waals surface area contributed by atoms with Crippen molar-refractivity contribution in [3.63, 3.8) is 0 Å². The highest BCUT2D eigenvalue weighted by molar-refractivity contribution is 6.32. The van der Waals surface area contributed by atoms with Crippen LogP contribution in [0.3, 0.4) is 0 Å². The van der Waals surface area contributed by atoms with Crippen LogP contribution in [-0.2, 0) is 5.41 Å². The van der Waals surface area contributed by atoms with Crippen LogP contribution >= 0.6 is 11.6 Å². The molecule has 0 N–H and O–H groups in total. The first-order valence-corrected chi connectivity index (χ1v) is 9.51. The van der Waals surface area contributed by atoms with E-state index in [-0.39, 0.29) is 11.4 Å². The van der Waals surface area contributed by atoms with Gasteiger partial charge in [-0.1, -0.05) is 18.5 Å². The van der Waals surface area contributed by atoms with Crippen LogP contribution < -0.4 is 0 Å². The van der Waals surface area contributed by atoms with Gasteiger partial charge < -0.3 is 9.80 Å². The molecule has 2 aromatic heterocycles. The van der Waals surface area contributed by atoms with Gasteiger partial charge in [0.25, 0.3) is 0 Å². The summed E-state index contributed by atoms with van der Waals surface area (Å²) in [7, 11) is 0. The van der Waals surface area contributed by atoms with E-state index in [0.29, 0.717) is 11.2 Å². The predicted octanol–water partition coefficient (Wildman–Crippen LogP) is 3.34. The zero-order valence-corrected chi connectivity index (χ0v) is 15.5. The number of carbonyl (C=O) groups excluding carboxylic acids is 1. The van der Waals surface area contributed by atoms with Crippen LogP contribution in [-0.4, -0.2) is 55.9 Å². The maximum Gasteiger partial charge on any atom is 0.320 e. The quantitative estimate of drug-likeness (QED) is 0.842. The van der Waals surface area contributed by atoms with Crippen molar-refractivity contribution in [1.29, 1.82) is 0 Å². The molecular formula is C18H24ClN5O. The van der Waals surface area contributed by atoms with Crippen LogP contribution in [0.15, 0.2) is 18.6 Å². The van der Waals surface area contributed by atoms with Crippen molar-refractivity contribution in [1.82, 2.24) is 24.2 Å². The summed E-state index contributed by atoms with van der Waals surface area (Å²) in [5.74, 6) is 0.995. The number of imidazole rings is 1. The number of halogens is 1. The molecule has 2 atom stereocenters. The van der Waals surface area contributed by atoms with E-state index in [2.05, 4.69) is 16.8 Å². The summed E-state index contributed by atoms with van der Waals surface area (Å²) < 4.78 is 2.05. The second-order valence-corrected chi connectivity index (χ2v) is 7.52. The summed E-state index contributed by atoms with van der Waals surface area (Å²) in [6, 6.07) is 0.545. The highest BCUT2D eigenvalue weighted by Crippen LogP contribution is 2.41. The van der Waals surface area contributed by atoms with Crippen molar-refractivity contribution in [2.24, 2.45) is 0 Å². The Bertz CT molecular complexity index is 806. The lowest BCUT2D eigenvalue weighted by atomic mass is 9.74. The number of hydrogen-bond acceptors (Lipinski definition) is 3. The van der Waals surface area contributed by atoms with Crippen molar-refractivity contribution in [2.45, 2.75) is 51.0 Å². The first kappa shape index (κ1) is 16.6. The monoisotopic (exact) mass is 361 g/mol. The molecule has 0 aromatic carbocycles. The van der Waals surface area contributed by atoms with E-state index in [9.17, 15) is 4.79 Å². The normalized spacial score (nSPS) is 27.0. The molecule has 2 aliphatic heterocycles. The zero-order chi connectivity index (χ0) is 17.6. The number of carbonyl (C=O) groups is 1. The molecular weight excluding hydrogens is 338 g/mol. The van der Waals surface area contributed by atoms with E-state index in [1.807, 2.05) is 22.4 Å². The Balaban J connectivity index is 1.74. The molecule has 0 bridgehead atoms. The van der Waals surface area contributed by atoms with E-state index in [1.165, 1.54) is 0 Å². The largest absolute Gasteiger partial charge is 0.325 e. The molecule has 0 spiro atoms. The summed E-state index contributed by atoms with van der Waals surface area (Å²) in [6.07, 6.45) is 9.51. The molecule has 2 fully saturated rings.